The quantitative estimate of drug-likeness (QED) is 0.327. The van der Waals surface area contributed by atoms with E-state index in [0.29, 0.717) is 33.4 Å². The number of anilines is 2. The van der Waals surface area contributed by atoms with Crippen molar-refractivity contribution in [2.45, 2.75) is 24.3 Å². The van der Waals surface area contributed by atoms with E-state index in [1.807, 2.05) is 11.6 Å². The molecule has 4 aromatic rings. The van der Waals surface area contributed by atoms with Crippen LogP contribution in [0.3, 0.4) is 0 Å². The molecule has 1 atom stereocenters. The third kappa shape index (κ3) is 4.37. The Kier molecular flexibility index (Phi) is 5.76. The largest absolute Gasteiger partial charge is 0.358 e. The first-order valence-corrected chi connectivity index (χ1v) is 12.5. The summed E-state index contributed by atoms with van der Waals surface area (Å²) in [7, 11) is -3.93. The molecule has 0 saturated carbocycles. The van der Waals surface area contributed by atoms with Gasteiger partial charge < -0.3 is 15.6 Å². The summed E-state index contributed by atoms with van der Waals surface area (Å²) in [6, 6.07) is 11.5. The van der Waals surface area contributed by atoms with Gasteiger partial charge in [-0.1, -0.05) is 6.07 Å². The number of carbonyl (C=O) groups is 1. The Morgan fingerprint density at radius 1 is 1.23 bits per heavy atom. The number of amides is 1. The molecular formula is C24H23N7O3S. The van der Waals surface area contributed by atoms with Gasteiger partial charge in [-0.2, -0.15) is 10.4 Å². The Morgan fingerprint density at radius 2 is 2.03 bits per heavy atom. The van der Waals surface area contributed by atoms with Crippen molar-refractivity contribution in [1.29, 1.82) is 5.26 Å². The molecule has 1 saturated heterocycles. The summed E-state index contributed by atoms with van der Waals surface area (Å²) in [5, 5.41) is 20.4. The third-order valence-electron chi connectivity index (χ3n) is 6.10. The fourth-order valence-electron chi connectivity index (χ4n) is 4.25. The standard InChI is InChI=1S/C24H23N7O3S/c1-15-2-7-21(23-22(15)17(10-25)11-27-23)30-35(33,34)20-5-3-16(4-6-20)24(32)29-18-12-28-31(14-18)19-8-9-26-13-19/h2-7,11-12,14,19,26-27,30H,8-9,13H2,1H3,(H,29,32). The smallest absolute Gasteiger partial charge is 0.261 e. The molecule has 4 N–H and O–H groups in total. The van der Waals surface area contributed by atoms with Crippen molar-refractivity contribution in [2.24, 2.45) is 0 Å². The summed E-state index contributed by atoms with van der Waals surface area (Å²) in [6.07, 6.45) is 5.92. The van der Waals surface area contributed by atoms with Crippen LogP contribution in [0.4, 0.5) is 11.4 Å². The van der Waals surface area contributed by atoms with E-state index in [-0.39, 0.29) is 16.8 Å². The van der Waals surface area contributed by atoms with E-state index in [1.165, 1.54) is 24.3 Å². The number of rotatable bonds is 6. The molecule has 1 aliphatic heterocycles. The van der Waals surface area contributed by atoms with E-state index in [1.54, 1.807) is 30.7 Å². The van der Waals surface area contributed by atoms with Crippen molar-refractivity contribution in [3.8, 4) is 6.07 Å². The molecule has 2 aromatic heterocycles. The van der Waals surface area contributed by atoms with Crippen molar-refractivity contribution in [3.63, 3.8) is 0 Å². The Hall–Kier alpha value is -4.14. The normalized spacial score (nSPS) is 15.7. The Labute approximate surface area is 202 Å². The van der Waals surface area contributed by atoms with Crippen LogP contribution >= 0.6 is 0 Å². The number of nitrogens with zero attached hydrogens (tertiary/aromatic N) is 3. The van der Waals surface area contributed by atoms with Crippen LogP contribution < -0.4 is 15.4 Å². The van der Waals surface area contributed by atoms with Crippen molar-refractivity contribution < 1.29 is 13.2 Å². The molecule has 5 rings (SSSR count). The number of hydrogen-bond acceptors (Lipinski definition) is 6. The second kappa shape index (κ2) is 8.90. The maximum Gasteiger partial charge on any atom is 0.261 e. The summed E-state index contributed by atoms with van der Waals surface area (Å²) >= 11 is 0. The average Bonchev–Trinajstić information content (AvgIpc) is 3.61. The lowest BCUT2D eigenvalue weighted by atomic mass is 10.1. The van der Waals surface area contributed by atoms with Gasteiger partial charge in [0.05, 0.1) is 39.6 Å². The second-order valence-electron chi connectivity index (χ2n) is 8.43. The zero-order valence-electron chi connectivity index (χ0n) is 18.9. The molecule has 10 nitrogen and oxygen atoms in total. The number of nitriles is 1. The van der Waals surface area contributed by atoms with Crippen molar-refractivity contribution in [3.05, 3.63) is 71.7 Å². The third-order valence-corrected chi connectivity index (χ3v) is 7.48. The summed E-state index contributed by atoms with van der Waals surface area (Å²) < 4.78 is 30.4. The molecule has 1 aliphatic rings. The van der Waals surface area contributed by atoms with Gasteiger partial charge in [-0.15, -0.1) is 0 Å². The molecule has 0 spiro atoms. The highest BCUT2D eigenvalue weighted by atomic mass is 32.2. The first kappa shape index (κ1) is 22.6. The Bertz CT molecular complexity index is 1560. The van der Waals surface area contributed by atoms with E-state index in [0.717, 1.165) is 25.1 Å². The summed E-state index contributed by atoms with van der Waals surface area (Å²) in [4.78, 5) is 15.6. The zero-order chi connectivity index (χ0) is 24.6. The van der Waals surface area contributed by atoms with E-state index < -0.39 is 10.0 Å². The molecule has 0 bridgehead atoms. The number of nitrogens with one attached hydrogen (secondary N) is 4. The van der Waals surface area contributed by atoms with Crippen LogP contribution in [0.15, 0.2) is 59.9 Å². The molecule has 0 aliphatic carbocycles. The van der Waals surface area contributed by atoms with Gasteiger partial charge in [-0.25, -0.2) is 8.42 Å². The first-order chi connectivity index (χ1) is 16.9. The van der Waals surface area contributed by atoms with Crippen molar-refractivity contribution in [2.75, 3.05) is 23.1 Å². The number of H-pyrrole nitrogens is 1. The van der Waals surface area contributed by atoms with Crippen LogP contribution in [-0.2, 0) is 10.0 Å². The number of carbonyl (C=O) groups excluding carboxylic acids is 1. The van der Waals surface area contributed by atoms with Crippen LogP contribution in [0.2, 0.25) is 0 Å². The number of fused-ring (bicyclic) bond motifs is 1. The second-order valence-corrected chi connectivity index (χ2v) is 10.1. The van der Waals surface area contributed by atoms with Gasteiger partial charge in [-0.05, 0) is 55.8 Å². The van der Waals surface area contributed by atoms with Gasteiger partial charge >= 0.3 is 0 Å². The summed E-state index contributed by atoms with van der Waals surface area (Å²) in [6.45, 7) is 3.64. The van der Waals surface area contributed by atoms with Crippen molar-refractivity contribution in [1.82, 2.24) is 20.1 Å². The van der Waals surface area contributed by atoms with E-state index in [4.69, 9.17) is 0 Å². The lowest BCUT2D eigenvalue weighted by Crippen LogP contribution is -2.15. The number of sulfonamides is 1. The molecule has 1 amide bonds. The highest BCUT2D eigenvalue weighted by molar-refractivity contribution is 7.92. The fraction of sp³-hybridized carbons (Fsp3) is 0.208. The number of hydrogen-bond donors (Lipinski definition) is 4. The molecule has 1 fully saturated rings. The number of benzene rings is 2. The van der Waals surface area contributed by atoms with Crippen LogP contribution in [0, 0.1) is 18.3 Å². The number of aromatic nitrogens is 3. The Morgan fingerprint density at radius 3 is 2.74 bits per heavy atom. The molecule has 178 valence electrons. The molecular weight excluding hydrogens is 466 g/mol. The molecule has 2 aromatic carbocycles. The SMILES string of the molecule is Cc1ccc(NS(=O)(=O)c2ccc(C(=O)Nc3cnn(C4CCNC4)c3)cc2)c2[nH]cc(C#N)c12. The van der Waals surface area contributed by atoms with Crippen LogP contribution in [-0.4, -0.2) is 42.2 Å². The van der Waals surface area contributed by atoms with Gasteiger partial charge in [0.1, 0.15) is 6.07 Å². The number of aromatic amines is 1. The summed E-state index contributed by atoms with van der Waals surface area (Å²) in [5.74, 6) is -0.360. The maximum absolute atomic E-state index is 13.0. The van der Waals surface area contributed by atoms with Crippen LogP contribution in [0.5, 0.6) is 0 Å². The van der Waals surface area contributed by atoms with Gasteiger partial charge in [-0.3, -0.25) is 14.2 Å². The minimum atomic E-state index is -3.93. The first-order valence-electron chi connectivity index (χ1n) is 11.1. The van der Waals surface area contributed by atoms with Gasteiger partial charge in [0.15, 0.2) is 0 Å². The predicted molar refractivity (Wildman–Crippen MR) is 132 cm³/mol. The highest BCUT2D eigenvalue weighted by Gasteiger charge is 2.20. The fourth-order valence-corrected chi connectivity index (χ4v) is 5.33. The molecule has 35 heavy (non-hydrogen) atoms. The molecule has 3 heterocycles. The Balaban J connectivity index is 1.31. The van der Waals surface area contributed by atoms with E-state index >= 15 is 0 Å². The highest BCUT2D eigenvalue weighted by Crippen LogP contribution is 2.30. The van der Waals surface area contributed by atoms with Gasteiger partial charge in [0.25, 0.3) is 15.9 Å². The van der Waals surface area contributed by atoms with Gasteiger partial charge in [0.2, 0.25) is 0 Å². The zero-order valence-corrected chi connectivity index (χ0v) is 19.7. The molecule has 1 unspecified atom stereocenters. The minimum absolute atomic E-state index is 0.0105. The van der Waals surface area contributed by atoms with Crippen LogP contribution in [0.1, 0.15) is 33.9 Å². The monoisotopic (exact) mass is 489 g/mol. The molecule has 0 radical (unpaired) electrons. The topological polar surface area (TPSA) is 145 Å². The molecule has 11 heteroatoms. The lowest BCUT2D eigenvalue weighted by molar-refractivity contribution is 0.102. The lowest BCUT2D eigenvalue weighted by Gasteiger charge is -2.11. The van der Waals surface area contributed by atoms with Gasteiger partial charge in [0, 0.05) is 29.9 Å². The summed E-state index contributed by atoms with van der Waals surface area (Å²) in [5.41, 5.74) is 3.07. The van der Waals surface area contributed by atoms with Crippen LogP contribution in [0.25, 0.3) is 10.9 Å². The average molecular weight is 490 g/mol. The maximum atomic E-state index is 13.0. The minimum Gasteiger partial charge on any atom is -0.358 e. The van der Waals surface area contributed by atoms with E-state index in [2.05, 4.69) is 31.5 Å². The van der Waals surface area contributed by atoms with E-state index in [9.17, 15) is 18.5 Å². The predicted octanol–water partition coefficient (Wildman–Crippen LogP) is 3.13. The number of aryl methyl sites for hydroxylation is 1. The van der Waals surface area contributed by atoms with Crippen molar-refractivity contribution >= 4 is 38.2 Å².